The molecule has 0 atom stereocenters. The molecule has 1 N–H and O–H groups in total. The van der Waals surface area contributed by atoms with E-state index in [1.165, 1.54) is 12.1 Å². The van der Waals surface area contributed by atoms with Gasteiger partial charge in [0.05, 0.1) is 30.6 Å². The highest BCUT2D eigenvalue weighted by atomic mass is 19.4. The van der Waals surface area contributed by atoms with Crippen molar-refractivity contribution in [2.45, 2.75) is 45.7 Å². The van der Waals surface area contributed by atoms with Crippen molar-refractivity contribution in [2.24, 2.45) is 11.8 Å². The van der Waals surface area contributed by atoms with E-state index in [-0.39, 0.29) is 35.2 Å². The third-order valence-corrected chi connectivity index (χ3v) is 5.82. The number of rotatable bonds is 5. The summed E-state index contributed by atoms with van der Waals surface area (Å²) in [4.78, 5) is 36.6. The maximum absolute atomic E-state index is 12.5. The van der Waals surface area contributed by atoms with Crippen molar-refractivity contribution in [1.82, 2.24) is 10.2 Å². The summed E-state index contributed by atoms with van der Waals surface area (Å²) >= 11 is 0. The van der Waals surface area contributed by atoms with Crippen LogP contribution in [0.3, 0.4) is 0 Å². The Labute approximate surface area is 198 Å². The molecule has 0 aliphatic carbocycles. The number of alkyl halides is 3. The molecule has 0 aromatic heterocycles. The number of hydrogen-bond donors (Lipinski definition) is 1. The summed E-state index contributed by atoms with van der Waals surface area (Å²) in [5.74, 6) is -0.660. The largest absolute Gasteiger partial charge is 0.466 e. The summed E-state index contributed by atoms with van der Waals surface area (Å²) in [5.41, 5.74) is -0.567. The third-order valence-electron chi connectivity index (χ3n) is 5.82. The van der Waals surface area contributed by atoms with Gasteiger partial charge in [-0.05, 0) is 76.9 Å². The van der Waals surface area contributed by atoms with E-state index in [1.807, 2.05) is 6.92 Å². The van der Waals surface area contributed by atoms with Crippen molar-refractivity contribution in [3.05, 3.63) is 35.4 Å². The first kappa shape index (κ1) is 27.6. The second kappa shape index (κ2) is 13.3. The number of benzene rings is 1. The molecule has 10 heteroatoms. The van der Waals surface area contributed by atoms with Crippen LogP contribution in [-0.4, -0.2) is 62.1 Å². The molecule has 1 aromatic carbocycles. The Bertz CT molecular complexity index is 800. The molecule has 2 heterocycles. The smallest absolute Gasteiger partial charge is 0.416 e. The van der Waals surface area contributed by atoms with Crippen LogP contribution in [0.5, 0.6) is 0 Å². The highest BCUT2D eigenvalue weighted by Gasteiger charge is 2.31. The van der Waals surface area contributed by atoms with Gasteiger partial charge in [-0.15, -0.1) is 0 Å². The standard InChI is InChI=1S/C16H18F3NO3.C8H15NO2/c1-2-23-15(22)12-7-9-20(10-8-12)14(21)11-3-5-13(6-4-11)16(17,18)19;1-2-11-8(10)7-3-5-9-6-4-7/h3-6,12H,2,7-10H2,1H3;7,9H,2-6H2,1H3. The second-order valence-corrected chi connectivity index (χ2v) is 8.17. The fourth-order valence-corrected chi connectivity index (χ4v) is 3.88. The zero-order valence-electron chi connectivity index (χ0n) is 19.7. The van der Waals surface area contributed by atoms with Gasteiger partial charge < -0.3 is 19.7 Å². The third kappa shape index (κ3) is 8.30. The van der Waals surface area contributed by atoms with Gasteiger partial charge in [0.1, 0.15) is 0 Å². The Morgan fingerprint density at radius 3 is 1.79 bits per heavy atom. The molecule has 2 saturated heterocycles. The van der Waals surface area contributed by atoms with Gasteiger partial charge in [0.2, 0.25) is 0 Å². The molecular formula is C24H33F3N2O5. The molecule has 190 valence electrons. The first-order chi connectivity index (χ1) is 16.2. The van der Waals surface area contributed by atoms with Crippen LogP contribution in [-0.2, 0) is 25.2 Å². The highest BCUT2D eigenvalue weighted by Crippen LogP contribution is 2.29. The van der Waals surface area contributed by atoms with Crippen LogP contribution in [0.1, 0.15) is 55.5 Å². The number of esters is 2. The van der Waals surface area contributed by atoms with Crippen LogP contribution in [0.25, 0.3) is 0 Å². The van der Waals surface area contributed by atoms with Crippen LogP contribution in [0, 0.1) is 11.8 Å². The normalized spacial score (nSPS) is 17.4. The van der Waals surface area contributed by atoms with Gasteiger partial charge in [-0.1, -0.05) is 0 Å². The van der Waals surface area contributed by atoms with Crippen molar-refractivity contribution < 1.29 is 37.0 Å². The lowest BCUT2D eigenvalue weighted by atomic mass is 9.96. The number of hydrogen-bond acceptors (Lipinski definition) is 6. The Hall–Kier alpha value is -2.62. The predicted molar refractivity (Wildman–Crippen MR) is 119 cm³/mol. The number of nitrogens with one attached hydrogen (secondary N) is 1. The molecule has 34 heavy (non-hydrogen) atoms. The van der Waals surface area contributed by atoms with Gasteiger partial charge in [-0.25, -0.2) is 0 Å². The van der Waals surface area contributed by atoms with Gasteiger partial charge in [-0.2, -0.15) is 13.2 Å². The Balaban J connectivity index is 0.000000310. The molecule has 7 nitrogen and oxygen atoms in total. The fraction of sp³-hybridized carbons (Fsp3) is 0.625. The van der Waals surface area contributed by atoms with Crippen molar-refractivity contribution in [1.29, 1.82) is 0 Å². The minimum Gasteiger partial charge on any atom is -0.466 e. The van der Waals surface area contributed by atoms with Gasteiger partial charge in [0.15, 0.2) is 0 Å². The Kier molecular flexibility index (Phi) is 10.8. The van der Waals surface area contributed by atoms with Gasteiger partial charge in [0, 0.05) is 18.7 Å². The molecular weight excluding hydrogens is 453 g/mol. The number of carbonyl (C=O) groups excluding carboxylic acids is 3. The molecule has 1 aromatic rings. The molecule has 0 unspecified atom stereocenters. The number of ether oxygens (including phenoxy) is 2. The van der Waals surface area contributed by atoms with E-state index < -0.39 is 11.7 Å². The summed E-state index contributed by atoms with van der Waals surface area (Å²) in [6, 6.07) is 4.17. The average molecular weight is 487 g/mol. The first-order valence-corrected chi connectivity index (χ1v) is 11.7. The monoisotopic (exact) mass is 486 g/mol. The summed E-state index contributed by atoms with van der Waals surface area (Å²) < 4.78 is 47.4. The van der Waals surface area contributed by atoms with E-state index in [0.717, 1.165) is 38.1 Å². The van der Waals surface area contributed by atoms with E-state index in [2.05, 4.69) is 5.32 Å². The van der Waals surface area contributed by atoms with E-state index in [4.69, 9.17) is 9.47 Å². The number of halogens is 3. The van der Waals surface area contributed by atoms with Crippen LogP contribution >= 0.6 is 0 Å². The molecule has 0 bridgehead atoms. The zero-order chi connectivity index (χ0) is 25.1. The Morgan fingerprint density at radius 1 is 0.882 bits per heavy atom. The van der Waals surface area contributed by atoms with E-state index >= 15 is 0 Å². The van der Waals surface area contributed by atoms with Crippen LogP contribution in [0.15, 0.2) is 24.3 Å². The first-order valence-electron chi connectivity index (χ1n) is 11.7. The van der Waals surface area contributed by atoms with Crippen LogP contribution in [0.4, 0.5) is 13.2 Å². The van der Waals surface area contributed by atoms with Gasteiger partial charge in [-0.3, -0.25) is 14.4 Å². The number of nitrogens with zero attached hydrogens (tertiary/aromatic N) is 1. The van der Waals surface area contributed by atoms with Gasteiger partial charge in [0.25, 0.3) is 5.91 Å². The topological polar surface area (TPSA) is 84.9 Å². The van der Waals surface area contributed by atoms with Crippen molar-refractivity contribution in [2.75, 3.05) is 39.4 Å². The Morgan fingerprint density at radius 2 is 1.35 bits per heavy atom. The van der Waals surface area contributed by atoms with Crippen LogP contribution in [0.2, 0.25) is 0 Å². The summed E-state index contributed by atoms with van der Waals surface area (Å²) in [5, 5.41) is 3.20. The highest BCUT2D eigenvalue weighted by molar-refractivity contribution is 5.94. The van der Waals surface area contributed by atoms with Gasteiger partial charge >= 0.3 is 18.1 Å². The molecule has 2 fully saturated rings. The maximum Gasteiger partial charge on any atom is 0.416 e. The lowest BCUT2D eigenvalue weighted by Gasteiger charge is -2.31. The number of carbonyl (C=O) groups is 3. The molecule has 0 saturated carbocycles. The minimum absolute atomic E-state index is 0.0194. The predicted octanol–water partition coefficient (Wildman–Crippen LogP) is 3.67. The summed E-state index contributed by atoms with van der Waals surface area (Å²) in [6.07, 6.45) is -1.55. The number of amides is 1. The molecule has 2 aliphatic rings. The van der Waals surface area contributed by atoms with Crippen molar-refractivity contribution >= 4 is 17.8 Å². The fourth-order valence-electron chi connectivity index (χ4n) is 3.88. The molecule has 1 amide bonds. The average Bonchev–Trinajstić information content (AvgIpc) is 2.84. The number of piperidine rings is 2. The molecule has 0 spiro atoms. The lowest BCUT2D eigenvalue weighted by molar-refractivity contribution is -0.150. The van der Waals surface area contributed by atoms with Crippen LogP contribution < -0.4 is 5.32 Å². The SMILES string of the molecule is CCOC(=O)C1CCN(C(=O)c2ccc(C(F)(F)F)cc2)CC1.CCOC(=O)C1CCNCC1. The van der Waals surface area contributed by atoms with E-state index in [1.54, 1.807) is 11.8 Å². The quantitative estimate of drug-likeness (QED) is 0.640. The van der Waals surface area contributed by atoms with Crippen molar-refractivity contribution in [3.63, 3.8) is 0 Å². The summed E-state index contributed by atoms with van der Waals surface area (Å²) in [7, 11) is 0. The van der Waals surface area contributed by atoms with Crippen molar-refractivity contribution in [3.8, 4) is 0 Å². The maximum atomic E-state index is 12.5. The second-order valence-electron chi connectivity index (χ2n) is 8.17. The molecule has 3 rings (SSSR count). The van der Waals surface area contributed by atoms with E-state index in [0.29, 0.717) is 39.1 Å². The number of likely N-dealkylation sites (tertiary alicyclic amines) is 1. The minimum atomic E-state index is -4.42. The molecule has 2 aliphatic heterocycles. The summed E-state index contributed by atoms with van der Waals surface area (Å²) in [6.45, 7) is 7.09. The zero-order valence-corrected chi connectivity index (χ0v) is 19.7. The molecule has 0 radical (unpaired) electrons. The lowest BCUT2D eigenvalue weighted by Crippen LogP contribution is -2.40. The van der Waals surface area contributed by atoms with E-state index in [9.17, 15) is 27.6 Å².